The van der Waals surface area contributed by atoms with Gasteiger partial charge < -0.3 is 0 Å². The van der Waals surface area contributed by atoms with E-state index in [9.17, 15) is 16.8 Å². The summed E-state index contributed by atoms with van der Waals surface area (Å²) in [7, 11) is -7.88. The first-order valence-electron chi connectivity index (χ1n) is 8.66. The molecule has 30 heavy (non-hydrogen) atoms. The van der Waals surface area contributed by atoms with E-state index in [2.05, 4.69) is 9.44 Å². The average Bonchev–Trinajstić information content (AvgIpc) is 2.66. The summed E-state index contributed by atoms with van der Waals surface area (Å²) in [5.74, 6) is 0. The van der Waals surface area contributed by atoms with Crippen LogP contribution in [0, 0.1) is 13.8 Å². The fourth-order valence-electron chi connectivity index (χ4n) is 2.55. The van der Waals surface area contributed by atoms with Gasteiger partial charge in [0.2, 0.25) is 0 Å². The van der Waals surface area contributed by atoms with Crippen molar-refractivity contribution >= 4 is 54.6 Å². The molecule has 0 aliphatic carbocycles. The number of halogens is 2. The topological polar surface area (TPSA) is 92.3 Å². The molecule has 3 aromatic carbocycles. The van der Waals surface area contributed by atoms with Crippen LogP contribution in [0.5, 0.6) is 0 Å². The molecular weight excluding hydrogens is 467 g/mol. The SMILES string of the molecule is Cc1ccc(S(=O)(=O)Nc2cc(NS(=O)(=O)c3ccc(C)cc3)c(Cl)cc2Cl)cc1. The molecular formula is C20H18Cl2N2O4S2. The van der Waals surface area contributed by atoms with Gasteiger partial charge in [-0.3, -0.25) is 9.44 Å². The quantitative estimate of drug-likeness (QED) is 0.501. The summed E-state index contributed by atoms with van der Waals surface area (Å²) in [6.45, 7) is 3.68. The highest BCUT2D eigenvalue weighted by molar-refractivity contribution is 7.93. The van der Waals surface area contributed by atoms with E-state index in [0.717, 1.165) is 11.1 Å². The third kappa shape index (κ3) is 5.07. The first-order chi connectivity index (χ1) is 14.0. The largest absolute Gasteiger partial charge is 0.278 e. The molecule has 6 nitrogen and oxygen atoms in total. The second-order valence-electron chi connectivity index (χ2n) is 6.65. The Hall–Kier alpha value is -2.26. The van der Waals surface area contributed by atoms with Crippen LogP contribution < -0.4 is 9.44 Å². The molecule has 0 amide bonds. The highest BCUT2D eigenvalue weighted by Gasteiger charge is 2.20. The molecule has 0 aromatic heterocycles. The van der Waals surface area contributed by atoms with Gasteiger partial charge in [-0.1, -0.05) is 58.6 Å². The van der Waals surface area contributed by atoms with Crippen molar-refractivity contribution in [3.8, 4) is 0 Å². The summed E-state index contributed by atoms with van der Waals surface area (Å²) in [5, 5.41) is 0.0444. The van der Waals surface area contributed by atoms with Crippen molar-refractivity contribution in [2.24, 2.45) is 0 Å². The zero-order valence-electron chi connectivity index (χ0n) is 16.0. The Morgan fingerprint density at radius 1 is 0.600 bits per heavy atom. The molecule has 0 spiro atoms. The highest BCUT2D eigenvalue weighted by Crippen LogP contribution is 2.35. The van der Waals surface area contributed by atoms with E-state index in [1.165, 1.54) is 36.4 Å². The minimum absolute atomic E-state index is 0.0109. The second kappa shape index (κ2) is 8.47. The first kappa shape index (κ1) is 22.4. The lowest BCUT2D eigenvalue weighted by atomic mass is 10.2. The van der Waals surface area contributed by atoms with Gasteiger partial charge in [0.05, 0.1) is 31.2 Å². The molecule has 3 rings (SSSR count). The van der Waals surface area contributed by atoms with Crippen molar-refractivity contribution in [1.82, 2.24) is 0 Å². The average molecular weight is 485 g/mol. The van der Waals surface area contributed by atoms with Crippen molar-refractivity contribution < 1.29 is 16.8 Å². The summed E-state index contributed by atoms with van der Waals surface area (Å²) < 4.78 is 55.4. The van der Waals surface area contributed by atoms with Gasteiger partial charge in [-0.15, -0.1) is 0 Å². The van der Waals surface area contributed by atoms with Crippen LogP contribution >= 0.6 is 23.2 Å². The molecule has 0 fully saturated rings. The molecule has 0 saturated carbocycles. The van der Waals surface area contributed by atoms with Crippen LogP contribution in [0.2, 0.25) is 10.0 Å². The number of anilines is 2. The molecule has 2 N–H and O–H groups in total. The van der Waals surface area contributed by atoms with Gasteiger partial charge in [-0.2, -0.15) is 0 Å². The van der Waals surface area contributed by atoms with E-state index in [1.54, 1.807) is 24.3 Å². The number of aryl methyl sites for hydroxylation is 2. The Kier molecular flexibility index (Phi) is 6.33. The maximum Gasteiger partial charge on any atom is 0.261 e. The first-order valence-corrected chi connectivity index (χ1v) is 12.4. The van der Waals surface area contributed by atoms with Crippen LogP contribution in [0.1, 0.15) is 11.1 Å². The second-order valence-corrected chi connectivity index (χ2v) is 10.8. The van der Waals surface area contributed by atoms with Gasteiger partial charge in [-0.25, -0.2) is 16.8 Å². The van der Waals surface area contributed by atoms with E-state index in [0.29, 0.717) is 0 Å². The van der Waals surface area contributed by atoms with E-state index < -0.39 is 20.0 Å². The Morgan fingerprint density at radius 2 is 0.933 bits per heavy atom. The molecule has 0 saturated heterocycles. The van der Waals surface area contributed by atoms with E-state index in [1.807, 2.05) is 13.8 Å². The number of rotatable bonds is 6. The normalized spacial score (nSPS) is 11.9. The lowest BCUT2D eigenvalue weighted by Gasteiger charge is -2.14. The standard InChI is InChI=1S/C20H18Cl2N2O4S2/c1-13-3-7-15(8-4-13)29(25,26)23-19-12-20(18(22)11-17(19)21)24-30(27,28)16-9-5-14(2)6-10-16/h3-12,23-24H,1-2H3. The fourth-order valence-corrected chi connectivity index (χ4v) is 5.28. The van der Waals surface area contributed by atoms with Gasteiger partial charge >= 0.3 is 0 Å². The molecule has 10 heteroatoms. The van der Waals surface area contributed by atoms with Crippen molar-refractivity contribution in [2.45, 2.75) is 23.6 Å². The van der Waals surface area contributed by atoms with Crippen LogP contribution in [0.4, 0.5) is 11.4 Å². The van der Waals surface area contributed by atoms with Crippen LogP contribution in [0.15, 0.2) is 70.5 Å². The lowest BCUT2D eigenvalue weighted by molar-refractivity contribution is 0.599. The van der Waals surface area contributed by atoms with E-state index in [-0.39, 0.29) is 31.2 Å². The molecule has 0 bridgehead atoms. The smallest absolute Gasteiger partial charge is 0.261 e. The Morgan fingerprint density at radius 3 is 1.27 bits per heavy atom. The summed E-state index contributed by atoms with van der Waals surface area (Å²) in [5.41, 5.74) is 1.80. The number of benzene rings is 3. The minimum Gasteiger partial charge on any atom is -0.278 e. The molecule has 3 aromatic rings. The zero-order chi connectivity index (χ0) is 22.1. The number of sulfonamides is 2. The molecule has 0 heterocycles. The fraction of sp³-hybridized carbons (Fsp3) is 0.100. The number of nitrogens with one attached hydrogen (secondary N) is 2. The molecule has 0 radical (unpaired) electrons. The molecule has 0 aliphatic rings. The zero-order valence-corrected chi connectivity index (χ0v) is 19.1. The lowest BCUT2D eigenvalue weighted by Crippen LogP contribution is -2.15. The Labute approximate surface area is 186 Å². The molecule has 0 atom stereocenters. The number of hydrogen-bond donors (Lipinski definition) is 2. The summed E-state index contributed by atoms with van der Waals surface area (Å²) in [4.78, 5) is 0.0850. The van der Waals surface area contributed by atoms with E-state index >= 15 is 0 Å². The predicted octanol–water partition coefficient (Wildman–Crippen LogP) is 5.21. The van der Waals surface area contributed by atoms with Gasteiger partial charge in [0.25, 0.3) is 20.0 Å². The summed E-state index contributed by atoms with van der Waals surface area (Å²) >= 11 is 12.3. The van der Waals surface area contributed by atoms with Crippen molar-refractivity contribution in [1.29, 1.82) is 0 Å². The molecule has 0 unspecified atom stereocenters. The molecule has 158 valence electrons. The van der Waals surface area contributed by atoms with Gasteiger partial charge in [-0.05, 0) is 50.2 Å². The van der Waals surface area contributed by atoms with Crippen molar-refractivity contribution in [3.05, 3.63) is 81.8 Å². The highest BCUT2D eigenvalue weighted by atomic mass is 35.5. The Balaban J connectivity index is 1.94. The van der Waals surface area contributed by atoms with Crippen LogP contribution in [-0.2, 0) is 20.0 Å². The Bertz CT molecular complexity index is 1190. The summed E-state index contributed by atoms with van der Waals surface area (Å²) in [6.07, 6.45) is 0. The monoisotopic (exact) mass is 484 g/mol. The van der Waals surface area contributed by atoms with Crippen molar-refractivity contribution in [2.75, 3.05) is 9.44 Å². The summed E-state index contributed by atoms with van der Waals surface area (Å²) in [6, 6.07) is 15.0. The van der Waals surface area contributed by atoms with E-state index in [4.69, 9.17) is 23.2 Å². The minimum atomic E-state index is -3.94. The van der Waals surface area contributed by atoms with Gasteiger partial charge in [0, 0.05) is 0 Å². The van der Waals surface area contributed by atoms with Gasteiger partial charge in [0.15, 0.2) is 0 Å². The maximum atomic E-state index is 12.7. The predicted molar refractivity (Wildman–Crippen MR) is 120 cm³/mol. The van der Waals surface area contributed by atoms with Crippen molar-refractivity contribution in [3.63, 3.8) is 0 Å². The third-order valence-electron chi connectivity index (χ3n) is 4.21. The maximum absolute atomic E-state index is 12.7. The molecule has 0 aliphatic heterocycles. The number of hydrogen-bond acceptors (Lipinski definition) is 4. The van der Waals surface area contributed by atoms with Crippen LogP contribution in [0.3, 0.4) is 0 Å². The van der Waals surface area contributed by atoms with Crippen LogP contribution in [-0.4, -0.2) is 16.8 Å². The van der Waals surface area contributed by atoms with Gasteiger partial charge in [0.1, 0.15) is 0 Å². The third-order valence-corrected chi connectivity index (χ3v) is 7.60. The van der Waals surface area contributed by atoms with Crippen LogP contribution in [0.25, 0.3) is 0 Å².